The Morgan fingerprint density at radius 3 is 2.65 bits per heavy atom. The largest absolute Gasteiger partial charge is 0.378 e. The number of methoxy groups -OCH3 is 1. The highest BCUT2D eigenvalue weighted by atomic mass is 32.2. The molecule has 0 fully saturated rings. The highest BCUT2D eigenvalue weighted by molar-refractivity contribution is 7.98. The molecule has 0 saturated carbocycles. The SMILES string of the molecule is CNc1cc(COC)nc(CSc2ccc(F)cc2)n1. The number of hydrogen-bond donors (Lipinski definition) is 1. The Kier molecular flexibility index (Phi) is 5.31. The monoisotopic (exact) mass is 293 g/mol. The van der Waals surface area contributed by atoms with Gasteiger partial charge in [-0.05, 0) is 24.3 Å². The maximum atomic E-state index is 12.8. The van der Waals surface area contributed by atoms with Gasteiger partial charge in [-0.2, -0.15) is 0 Å². The Morgan fingerprint density at radius 2 is 2.00 bits per heavy atom. The van der Waals surface area contributed by atoms with Crippen molar-refractivity contribution in [2.24, 2.45) is 0 Å². The highest BCUT2D eigenvalue weighted by Crippen LogP contribution is 2.22. The topological polar surface area (TPSA) is 47.0 Å². The molecule has 0 radical (unpaired) electrons. The second kappa shape index (κ2) is 7.21. The molecule has 2 aromatic rings. The van der Waals surface area contributed by atoms with Gasteiger partial charge in [0.25, 0.3) is 0 Å². The fourth-order valence-corrected chi connectivity index (χ4v) is 2.40. The van der Waals surface area contributed by atoms with Gasteiger partial charge in [-0.25, -0.2) is 14.4 Å². The van der Waals surface area contributed by atoms with Crippen LogP contribution in [-0.4, -0.2) is 24.1 Å². The number of benzene rings is 1. The minimum absolute atomic E-state index is 0.231. The van der Waals surface area contributed by atoms with Gasteiger partial charge in [-0.15, -0.1) is 11.8 Å². The number of halogens is 1. The molecule has 0 amide bonds. The van der Waals surface area contributed by atoms with Gasteiger partial charge in [0.05, 0.1) is 18.1 Å². The number of nitrogens with one attached hydrogen (secondary N) is 1. The van der Waals surface area contributed by atoms with E-state index < -0.39 is 0 Å². The summed E-state index contributed by atoms with van der Waals surface area (Å²) in [4.78, 5) is 9.81. The van der Waals surface area contributed by atoms with Gasteiger partial charge in [-0.1, -0.05) is 0 Å². The summed E-state index contributed by atoms with van der Waals surface area (Å²) in [6.45, 7) is 0.450. The predicted octanol–water partition coefficient (Wildman–Crippen LogP) is 3.10. The number of anilines is 1. The van der Waals surface area contributed by atoms with Crippen LogP contribution in [0.4, 0.5) is 10.2 Å². The molecule has 0 atom stereocenters. The minimum atomic E-state index is -0.231. The van der Waals surface area contributed by atoms with Crippen LogP contribution < -0.4 is 5.32 Å². The van der Waals surface area contributed by atoms with E-state index in [9.17, 15) is 4.39 Å². The number of nitrogens with zero attached hydrogens (tertiary/aromatic N) is 2. The second-order valence-corrected chi connectivity index (χ2v) is 5.14. The molecule has 0 spiro atoms. The standard InChI is InChI=1S/C14H16FN3OS/c1-16-13-7-11(8-19-2)17-14(18-13)9-20-12-5-3-10(15)4-6-12/h3-7H,8-9H2,1-2H3,(H,16,17,18). The Morgan fingerprint density at radius 1 is 1.25 bits per heavy atom. The van der Waals surface area contributed by atoms with Crippen LogP contribution >= 0.6 is 11.8 Å². The van der Waals surface area contributed by atoms with E-state index in [0.717, 1.165) is 22.2 Å². The molecule has 0 unspecified atom stereocenters. The first-order valence-electron chi connectivity index (χ1n) is 6.13. The summed E-state index contributed by atoms with van der Waals surface area (Å²) >= 11 is 1.57. The highest BCUT2D eigenvalue weighted by Gasteiger charge is 2.05. The Balaban J connectivity index is 2.07. The van der Waals surface area contributed by atoms with Crippen molar-refractivity contribution in [2.45, 2.75) is 17.3 Å². The van der Waals surface area contributed by atoms with Crippen molar-refractivity contribution in [3.05, 3.63) is 47.7 Å². The van der Waals surface area contributed by atoms with E-state index in [-0.39, 0.29) is 5.82 Å². The third kappa shape index (κ3) is 4.18. The van der Waals surface area contributed by atoms with Gasteiger partial charge in [-0.3, -0.25) is 0 Å². The van der Waals surface area contributed by atoms with Crippen molar-refractivity contribution in [3.8, 4) is 0 Å². The summed E-state index contributed by atoms with van der Waals surface area (Å²) in [6, 6.07) is 8.25. The van der Waals surface area contributed by atoms with Crippen LogP contribution in [0.15, 0.2) is 35.2 Å². The number of rotatable bonds is 6. The van der Waals surface area contributed by atoms with Crippen LogP contribution in [-0.2, 0) is 17.1 Å². The molecule has 6 heteroatoms. The van der Waals surface area contributed by atoms with Gasteiger partial charge >= 0.3 is 0 Å². The van der Waals surface area contributed by atoms with E-state index in [4.69, 9.17) is 4.74 Å². The minimum Gasteiger partial charge on any atom is -0.378 e. The zero-order valence-electron chi connectivity index (χ0n) is 11.4. The number of aromatic nitrogens is 2. The van der Waals surface area contributed by atoms with Crippen LogP contribution in [0.2, 0.25) is 0 Å². The first-order chi connectivity index (χ1) is 9.71. The molecule has 1 heterocycles. The molecule has 0 aliphatic heterocycles. The zero-order valence-corrected chi connectivity index (χ0v) is 12.2. The van der Waals surface area contributed by atoms with Crippen LogP contribution in [0.25, 0.3) is 0 Å². The predicted molar refractivity (Wildman–Crippen MR) is 78.3 cm³/mol. The summed E-state index contributed by atoms with van der Waals surface area (Å²) in [6.07, 6.45) is 0. The molecule has 1 N–H and O–H groups in total. The number of ether oxygens (including phenoxy) is 1. The lowest BCUT2D eigenvalue weighted by Gasteiger charge is -2.07. The number of thioether (sulfide) groups is 1. The van der Waals surface area contributed by atoms with Gasteiger partial charge in [0.2, 0.25) is 0 Å². The first-order valence-corrected chi connectivity index (χ1v) is 7.11. The van der Waals surface area contributed by atoms with E-state index in [0.29, 0.717) is 12.4 Å². The molecule has 0 bridgehead atoms. The third-order valence-corrected chi connectivity index (χ3v) is 3.56. The Hall–Kier alpha value is -1.66. The maximum absolute atomic E-state index is 12.8. The lowest BCUT2D eigenvalue weighted by molar-refractivity contribution is 0.181. The average molecular weight is 293 g/mol. The smallest absolute Gasteiger partial charge is 0.141 e. The molecule has 0 aliphatic carbocycles. The van der Waals surface area contributed by atoms with E-state index in [1.165, 1.54) is 12.1 Å². The molecule has 1 aromatic carbocycles. The van der Waals surface area contributed by atoms with E-state index in [1.807, 2.05) is 13.1 Å². The Labute approximate surface area is 121 Å². The fraction of sp³-hybridized carbons (Fsp3) is 0.286. The quantitative estimate of drug-likeness (QED) is 0.829. The fourth-order valence-electron chi connectivity index (χ4n) is 1.65. The molecule has 106 valence electrons. The lowest BCUT2D eigenvalue weighted by atomic mass is 10.4. The summed E-state index contributed by atoms with van der Waals surface area (Å²) in [5, 5.41) is 3.01. The van der Waals surface area contributed by atoms with Crippen LogP contribution in [0.3, 0.4) is 0 Å². The van der Waals surface area contributed by atoms with Crippen molar-refractivity contribution in [2.75, 3.05) is 19.5 Å². The molecule has 1 aromatic heterocycles. The average Bonchev–Trinajstić information content (AvgIpc) is 2.47. The summed E-state index contributed by atoms with van der Waals surface area (Å²) < 4.78 is 17.9. The molecular formula is C14H16FN3OS. The molecule has 0 saturated heterocycles. The Bertz CT molecular complexity index is 563. The van der Waals surface area contributed by atoms with Gasteiger partial charge < -0.3 is 10.1 Å². The molecule has 4 nitrogen and oxygen atoms in total. The normalized spacial score (nSPS) is 10.6. The van der Waals surface area contributed by atoms with Crippen molar-refractivity contribution in [1.82, 2.24) is 9.97 Å². The van der Waals surface area contributed by atoms with Gasteiger partial charge in [0.15, 0.2) is 0 Å². The number of hydrogen-bond acceptors (Lipinski definition) is 5. The van der Waals surface area contributed by atoms with Crippen LogP contribution in [0.5, 0.6) is 0 Å². The lowest BCUT2D eigenvalue weighted by Crippen LogP contribution is -2.03. The van der Waals surface area contributed by atoms with E-state index >= 15 is 0 Å². The van der Waals surface area contributed by atoms with Crippen molar-refractivity contribution in [1.29, 1.82) is 0 Å². The van der Waals surface area contributed by atoms with Crippen molar-refractivity contribution >= 4 is 17.6 Å². The third-order valence-electron chi connectivity index (χ3n) is 2.56. The van der Waals surface area contributed by atoms with Crippen LogP contribution in [0.1, 0.15) is 11.5 Å². The van der Waals surface area contributed by atoms with Crippen LogP contribution in [0, 0.1) is 5.82 Å². The maximum Gasteiger partial charge on any atom is 0.141 e. The second-order valence-electron chi connectivity index (χ2n) is 4.09. The van der Waals surface area contributed by atoms with Gasteiger partial charge in [0, 0.05) is 25.1 Å². The van der Waals surface area contributed by atoms with E-state index in [1.54, 1.807) is 31.0 Å². The van der Waals surface area contributed by atoms with Gasteiger partial charge in [0.1, 0.15) is 17.5 Å². The summed E-state index contributed by atoms with van der Waals surface area (Å²) in [5.74, 6) is 1.88. The zero-order chi connectivity index (χ0) is 14.4. The molecule has 20 heavy (non-hydrogen) atoms. The summed E-state index contributed by atoms with van der Waals surface area (Å²) in [5.41, 5.74) is 0.835. The first kappa shape index (κ1) is 14.7. The van der Waals surface area contributed by atoms with Crippen molar-refractivity contribution in [3.63, 3.8) is 0 Å². The molecular weight excluding hydrogens is 277 g/mol. The summed E-state index contributed by atoms with van der Waals surface area (Å²) in [7, 11) is 3.45. The molecule has 0 aliphatic rings. The molecule has 2 rings (SSSR count). The van der Waals surface area contributed by atoms with E-state index in [2.05, 4.69) is 15.3 Å². The van der Waals surface area contributed by atoms with Crippen molar-refractivity contribution < 1.29 is 9.13 Å².